The molecule has 4 N–H and O–H groups in total. The Morgan fingerprint density at radius 2 is 2.00 bits per heavy atom. The molecule has 0 spiro atoms. The zero-order chi connectivity index (χ0) is 17.8. The number of aliphatic hydroxyl groups is 3. The van der Waals surface area contributed by atoms with Crippen LogP contribution in [0.25, 0.3) is 0 Å². The van der Waals surface area contributed by atoms with Gasteiger partial charge in [0.05, 0.1) is 17.9 Å². The molecule has 0 aromatic carbocycles. The lowest BCUT2D eigenvalue weighted by molar-refractivity contribution is -0.0761. The minimum absolute atomic E-state index is 0.119. The van der Waals surface area contributed by atoms with Gasteiger partial charge in [0.1, 0.15) is 12.3 Å². The van der Waals surface area contributed by atoms with Crippen molar-refractivity contribution in [1.82, 2.24) is 20.3 Å². The van der Waals surface area contributed by atoms with Gasteiger partial charge >= 0.3 is 0 Å². The summed E-state index contributed by atoms with van der Waals surface area (Å²) in [6.45, 7) is 1.67. The summed E-state index contributed by atoms with van der Waals surface area (Å²) in [6, 6.07) is 1.21. The molecule has 0 aliphatic heterocycles. The van der Waals surface area contributed by atoms with E-state index in [9.17, 15) is 15.3 Å². The van der Waals surface area contributed by atoms with E-state index in [4.69, 9.17) is 0 Å². The second-order valence-corrected chi connectivity index (χ2v) is 7.56. The fourth-order valence-corrected chi connectivity index (χ4v) is 4.07. The second-order valence-electron chi connectivity index (χ2n) is 6.78. The first-order valence-electron chi connectivity index (χ1n) is 8.80. The quantitative estimate of drug-likeness (QED) is 0.560. The van der Waals surface area contributed by atoms with E-state index < -0.39 is 18.6 Å². The molecule has 2 aromatic heterocycles. The molecule has 2 aromatic rings. The van der Waals surface area contributed by atoms with Crippen LogP contribution in [0.4, 0.5) is 0 Å². The van der Waals surface area contributed by atoms with Gasteiger partial charge in [-0.05, 0) is 42.5 Å². The van der Waals surface area contributed by atoms with Crippen LogP contribution in [0.5, 0.6) is 0 Å². The van der Waals surface area contributed by atoms with E-state index in [1.54, 1.807) is 24.5 Å². The van der Waals surface area contributed by atoms with Crippen LogP contribution in [0.3, 0.4) is 0 Å². The molecule has 7 nitrogen and oxygen atoms in total. The lowest BCUT2D eigenvalue weighted by atomic mass is 9.82. The maximum Gasteiger partial charge on any atom is 0.174 e. The Bertz CT molecular complexity index is 640. The first-order valence-corrected chi connectivity index (χ1v) is 9.74. The monoisotopic (exact) mass is 366 g/mol. The minimum atomic E-state index is -1.49. The normalized spacial score (nSPS) is 19.9. The molecule has 3 atom stereocenters. The van der Waals surface area contributed by atoms with E-state index in [1.165, 1.54) is 23.9 Å². The Labute approximate surface area is 151 Å². The maximum absolute atomic E-state index is 10.5. The summed E-state index contributed by atoms with van der Waals surface area (Å²) in [4.78, 5) is 0. The molecule has 2 heterocycles. The first-order chi connectivity index (χ1) is 12.1. The molecule has 1 unspecified atom stereocenters. The average Bonchev–Trinajstić information content (AvgIpc) is 3.31. The number of aliphatic hydroxyl groups excluding tert-OH is 2. The van der Waals surface area contributed by atoms with Crippen LogP contribution >= 0.6 is 11.3 Å². The number of hydrogen-bond acceptors (Lipinski definition) is 7. The molecular weight excluding hydrogens is 340 g/mol. The number of hydrogen-bond donors (Lipinski definition) is 4. The van der Waals surface area contributed by atoms with Gasteiger partial charge in [-0.25, -0.2) is 4.68 Å². The van der Waals surface area contributed by atoms with E-state index in [-0.39, 0.29) is 6.04 Å². The summed E-state index contributed by atoms with van der Waals surface area (Å²) < 4.78 is 1.47. The molecule has 0 radical (unpaired) electrons. The highest BCUT2D eigenvalue weighted by Crippen LogP contribution is 2.35. The Morgan fingerprint density at radius 3 is 2.64 bits per heavy atom. The minimum Gasteiger partial charge on any atom is -0.374 e. The number of nitrogens with zero attached hydrogens (tertiary/aromatic N) is 3. The zero-order valence-electron chi connectivity index (χ0n) is 14.3. The Morgan fingerprint density at radius 1 is 1.24 bits per heavy atom. The smallest absolute Gasteiger partial charge is 0.174 e. The summed E-state index contributed by atoms with van der Waals surface area (Å²) in [5.74, 6) is 0.376. The molecule has 25 heavy (non-hydrogen) atoms. The van der Waals surface area contributed by atoms with E-state index in [0.29, 0.717) is 5.92 Å². The Balaban J connectivity index is 1.80. The molecule has 138 valence electrons. The third kappa shape index (κ3) is 4.45. The molecule has 0 amide bonds. The maximum atomic E-state index is 10.5. The van der Waals surface area contributed by atoms with E-state index >= 15 is 0 Å². The van der Waals surface area contributed by atoms with Gasteiger partial charge in [-0.1, -0.05) is 24.5 Å². The van der Waals surface area contributed by atoms with Gasteiger partial charge in [-0.3, -0.25) is 5.32 Å². The number of rotatable bonds is 7. The number of aromatic nitrogens is 3. The summed E-state index contributed by atoms with van der Waals surface area (Å²) >= 11 is 1.55. The van der Waals surface area contributed by atoms with Crippen LogP contribution in [-0.2, 0) is 0 Å². The highest BCUT2D eigenvalue weighted by atomic mass is 32.1. The standard InChI is InChI=1S/C17H26N4O3S/c1-11(17(23)24)21-9-14(19-20-21)15(12-5-3-2-4-6-12)18-16(22)13-7-8-25-10-13/h7-12,15-18,22-24H,2-6H2,1H3/t11-,15+,16?/m1/s1. The Hall–Kier alpha value is -1.32. The van der Waals surface area contributed by atoms with Crippen LogP contribution < -0.4 is 5.32 Å². The van der Waals surface area contributed by atoms with E-state index in [2.05, 4.69) is 15.6 Å². The van der Waals surface area contributed by atoms with Crippen LogP contribution in [0.2, 0.25) is 0 Å². The van der Waals surface area contributed by atoms with E-state index in [0.717, 1.165) is 24.1 Å². The number of nitrogens with one attached hydrogen (secondary N) is 1. The van der Waals surface area contributed by atoms with Crippen molar-refractivity contribution >= 4 is 11.3 Å². The van der Waals surface area contributed by atoms with Crippen molar-refractivity contribution in [3.63, 3.8) is 0 Å². The Kier molecular flexibility index (Phi) is 6.19. The first kappa shape index (κ1) is 18.5. The average molecular weight is 366 g/mol. The van der Waals surface area contributed by atoms with Crippen LogP contribution in [0.1, 0.15) is 68.6 Å². The lowest BCUT2D eigenvalue weighted by Crippen LogP contribution is -2.33. The van der Waals surface area contributed by atoms with Crippen molar-refractivity contribution in [2.75, 3.05) is 0 Å². The summed E-state index contributed by atoms with van der Waals surface area (Å²) in [5, 5.41) is 44.7. The van der Waals surface area contributed by atoms with Crippen molar-refractivity contribution in [2.24, 2.45) is 5.92 Å². The lowest BCUT2D eigenvalue weighted by Gasteiger charge is -2.31. The summed E-state index contributed by atoms with van der Waals surface area (Å²) in [5.41, 5.74) is 1.58. The van der Waals surface area contributed by atoms with Gasteiger partial charge in [0.2, 0.25) is 0 Å². The predicted molar refractivity (Wildman–Crippen MR) is 94.7 cm³/mol. The zero-order valence-corrected chi connectivity index (χ0v) is 15.1. The highest BCUT2D eigenvalue weighted by Gasteiger charge is 2.30. The van der Waals surface area contributed by atoms with Crippen molar-refractivity contribution < 1.29 is 15.3 Å². The topological polar surface area (TPSA) is 103 Å². The summed E-state index contributed by atoms with van der Waals surface area (Å²) in [6.07, 6.45) is 5.26. The van der Waals surface area contributed by atoms with Crippen molar-refractivity contribution in [3.8, 4) is 0 Å². The molecule has 1 aliphatic rings. The molecular formula is C17H26N4O3S. The van der Waals surface area contributed by atoms with Crippen molar-refractivity contribution in [1.29, 1.82) is 0 Å². The molecule has 1 saturated carbocycles. The molecule has 1 fully saturated rings. The van der Waals surface area contributed by atoms with Gasteiger partial charge in [-0.2, -0.15) is 11.3 Å². The summed E-state index contributed by atoms with van der Waals surface area (Å²) in [7, 11) is 0. The van der Waals surface area contributed by atoms with Crippen molar-refractivity contribution in [2.45, 2.75) is 63.6 Å². The largest absolute Gasteiger partial charge is 0.374 e. The molecule has 0 saturated heterocycles. The van der Waals surface area contributed by atoms with Crippen LogP contribution in [0, 0.1) is 5.92 Å². The number of thiophene rings is 1. The molecule has 1 aliphatic carbocycles. The highest BCUT2D eigenvalue weighted by molar-refractivity contribution is 7.07. The van der Waals surface area contributed by atoms with Gasteiger partial charge in [0.15, 0.2) is 6.29 Å². The fraction of sp³-hybridized carbons (Fsp3) is 0.647. The fourth-order valence-electron chi connectivity index (χ4n) is 3.40. The SMILES string of the molecule is C[C@H](C(O)O)n1cc([C@@H](NC(O)c2ccsc2)C2CCCCC2)nn1. The predicted octanol–water partition coefficient (Wildman–Crippen LogP) is 2.11. The second kappa shape index (κ2) is 8.37. The third-order valence-electron chi connectivity index (χ3n) is 5.01. The van der Waals surface area contributed by atoms with Gasteiger partial charge < -0.3 is 15.3 Å². The van der Waals surface area contributed by atoms with Gasteiger partial charge in [0, 0.05) is 5.56 Å². The molecule has 3 rings (SSSR count). The van der Waals surface area contributed by atoms with Crippen LogP contribution in [-0.4, -0.2) is 36.6 Å². The van der Waals surface area contributed by atoms with E-state index in [1.807, 2.05) is 16.8 Å². The molecule has 0 bridgehead atoms. The van der Waals surface area contributed by atoms with Crippen LogP contribution in [0.15, 0.2) is 23.0 Å². The van der Waals surface area contributed by atoms with Gasteiger partial charge in [-0.15, -0.1) is 5.10 Å². The van der Waals surface area contributed by atoms with Gasteiger partial charge in [0.25, 0.3) is 0 Å². The van der Waals surface area contributed by atoms with Crippen molar-refractivity contribution in [3.05, 3.63) is 34.3 Å². The third-order valence-corrected chi connectivity index (χ3v) is 5.71. The molecule has 8 heteroatoms.